The average Bonchev–Trinajstić information content (AvgIpc) is 3.14. The maximum atomic E-state index is 11.9. The van der Waals surface area contributed by atoms with Gasteiger partial charge in [0.25, 0.3) is 11.6 Å². The highest BCUT2D eigenvalue weighted by Gasteiger charge is 2.16. The van der Waals surface area contributed by atoms with Gasteiger partial charge in [-0.25, -0.2) is 9.97 Å². The molecule has 138 valence electrons. The Morgan fingerprint density at radius 1 is 1.26 bits per heavy atom. The second-order valence-corrected chi connectivity index (χ2v) is 6.95. The number of ether oxygens (including phenoxy) is 1. The van der Waals surface area contributed by atoms with E-state index in [0.29, 0.717) is 5.03 Å². The van der Waals surface area contributed by atoms with Crippen molar-refractivity contribution in [1.82, 2.24) is 9.97 Å². The molecule has 0 aliphatic rings. The van der Waals surface area contributed by atoms with Gasteiger partial charge in [0.2, 0.25) is 0 Å². The summed E-state index contributed by atoms with van der Waals surface area (Å²) in [5.41, 5.74) is -0.199. The fourth-order valence-corrected chi connectivity index (χ4v) is 3.70. The minimum Gasteiger partial charge on any atom is -0.455 e. The molecule has 3 aromatic rings. The van der Waals surface area contributed by atoms with Crippen LogP contribution in [0.3, 0.4) is 0 Å². The maximum Gasteiger partial charge on any atom is 0.316 e. The van der Waals surface area contributed by atoms with Crippen molar-refractivity contribution in [3.05, 3.63) is 52.2 Å². The molecule has 2 heterocycles. The van der Waals surface area contributed by atoms with Crippen molar-refractivity contribution < 1.29 is 19.2 Å². The maximum absolute atomic E-state index is 11.9. The second kappa shape index (κ2) is 8.56. The van der Waals surface area contributed by atoms with E-state index in [0.717, 1.165) is 10.2 Å². The number of benzene rings is 1. The van der Waals surface area contributed by atoms with Crippen LogP contribution in [0.1, 0.15) is 0 Å². The number of anilines is 1. The number of thioether (sulfide) groups is 1. The van der Waals surface area contributed by atoms with Gasteiger partial charge in [-0.3, -0.25) is 19.7 Å². The first-order valence-electron chi connectivity index (χ1n) is 7.54. The number of nitro groups is 1. The summed E-state index contributed by atoms with van der Waals surface area (Å²) in [6, 6.07) is 7.58. The molecule has 1 N–H and O–H groups in total. The van der Waals surface area contributed by atoms with Gasteiger partial charge in [-0.15, -0.1) is 11.3 Å². The van der Waals surface area contributed by atoms with Gasteiger partial charge < -0.3 is 10.1 Å². The number of nitro benzene ring substituents is 1. The molecular weight excluding hydrogens is 392 g/mol. The number of nitrogens with zero attached hydrogens (tertiary/aromatic N) is 3. The molecule has 27 heavy (non-hydrogen) atoms. The molecule has 11 heteroatoms. The Kier molecular flexibility index (Phi) is 5.94. The molecule has 1 aromatic carbocycles. The van der Waals surface area contributed by atoms with E-state index < -0.39 is 23.4 Å². The molecule has 0 saturated heterocycles. The molecule has 0 radical (unpaired) electrons. The number of nitrogens with one attached hydrogen (secondary N) is 1. The third-order valence-electron chi connectivity index (χ3n) is 3.29. The van der Waals surface area contributed by atoms with Crippen LogP contribution >= 0.6 is 23.1 Å². The zero-order valence-corrected chi connectivity index (χ0v) is 15.3. The first-order chi connectivity index (χ1) is 13.0. The smallest absolute Gasteiger partial charge is 0.316 e. The highest BCUT2D eigenvalue weighted by molar-refractivity contribution is 8.00. The summed E-state index contributed by atoms with van der Waals surface area (Å²) in [6.45, 7) is -0.539. The summed E-state index contributed by atoms with van der Waals surface area (Å²) in [5.74, 6) is -1.29. The van der Waals surface area contributed by atoms with Crippen LogP contribution in [0.15, 0.2) is 47.1 Å². The average molecular weight is 404 g/mol. The number of para-hydroxylation sites is 2. The van der Waals surface area contributed by atoms with Crippen molar-refractivity contribution >= 4 is 56.6 Å². The number of amides is 1. The minimum atomic E-state index is -0.662. The highest BCUT2D eigenvalue weighted by Crippen LogP contribution is 2.27. The van der Waals surface area contributed by atoms with Gasteiger partial charge in [-0.05, 0) is 17.5 Å². The fraction of sp³-hybridized carbons (Fsp3) is 0.125. The van der Waals surface area contributed by atoms with Gasteiger partial charge in [-0.2, -0.15) is 0 Å². The van der Waals surface area contributed by atoms with Gasteiger partial charge in [0.15, 0.2) is 6.61 Å². The van der Waals surface area contributed by atoms with Crippen LogP contribution in [0.4, 0.5) is 11.4 Å². The molecule has 0 aliphatic carbocycles. The van der Waals surface area contributed by atoms with E-state index in [2.05, 4.69) is 15.3 Å². The van der Waals surface area contributed by atoms with E-state index in [9.17, 15) is 19.7 Å². The van der Waals surface area contributed by atoms with Gasteiger partial charge in [-0.1, -0.05) is 23.9 Å². The number of carbonyl (C=O) groups is 2. The lowest BCUT2D eigenvalue weighted by atomic mass is 10.2. The lowest BCUT2D eigenvalue weighted by Crippen LogP contribution is -2.22. The Labute approximate surface area is 160 Å². The van der Waals surface area contributed by atoms with Gasteiger partial charge >= 0.3 is 5.97 Å². The van der Waals surface area contributed by atoms with Crippen LogP contribution in [0, 0.1) is 10.1 Å². The Balaban J connectivity index is 1.50. The van der Waals surface area contributed by atoms with Gasteiger partial charge in [0.1, 0.15) is 21.9 Å². The summed E-state index contributed by atoms with van der Waals surface area (Å²) in [4.78, 5) is 43.1. The summed E-state index contributed by atoms with van der Waals surface area (Å²) < 4.78 is 4.91. The zero-order valence-electron chi connectivity index (χ0n) is 13.7. The van der Waals surface area contributed by atoms with Crippen molar-refractivity contribution in [1.29, 1.82) is 0 Å². The molecule has 0 spiro atoms. The quantitative estimate of drug-likeness (QED) is 0.210. The Morgan fingerprint density at radius 2 is 2.07 bits per heavy atom. The number of esters is 1. The number of thiophene rings is 1. The Bertz CT molecular complexity index is 1010. The molecule has 1 amide bonds. The van der Waals surface area contributed by atoms with Crippen LogP contribution in [0.2, 0.25) is 0 Å². The van der Waals surface area contributed by atoms with E-state index in [-0.39, 0.29) is 17.1 Å². The number of rotatable bonds is 7. The fourth-order valence-electron chi connectivity index (χ4n) is 2.12. The number of carbonyl (C=O) groups excluding carboxylic acids is 2. The van der Waals surface area contributed by atoms with Gasteiger partial charge in [0.05, 0.1) is 10.7 Å². The van der Waals surface area contributed by atoms with Crippen LogP contribution < -0.4 is 5.32 Å². The first-order valence-corrected chi connectivity index (χ1v) is 9.41. The SMILES string of the molecule is O=C(COC(=O)CSc1ncnc2sccc12)Nc1ccccc1[N+](=O)[O-]. The van der Waals surface area contributed by atoms with Crippen LogP contribution in [-0.4, -0.2) is 39.1 Å². The van der Waals surface area contributed by atoms with E-state index in [1.54, 1.807) is 6.07 Å². The van der Waals surface area contributed by atoms with Crippen molar-refractivity contribution in [2.75, 3.05) is 17.7 Å². The summed E-state index contributed by atoms with van der Waals surface area (Å²) in [7, 11) is 0. The monoisotopic (exact) mass is 404 g/mol. The number of fused-ring (bicyclic) bond motifs is 1. The lowest BCUT2D eigenvalue weighted by Gasteiger charge is -2.07. The second-order valence-electron chi connectivity index (χ2n) is 5.09. The molecule has 2 aromatic heterocycles. The molecule has 3 rings (SSSR count). The lowest BCUT2D eigenvalue weighted by molar-refractivity contribution is -0.383. The minimum absolute atomic E-state index is 0.0271. The molecule has 9 nitrogen and oxygen atoms in total. The van der Waals surface area contributed by atoms with Gasteiger partial charge in [0, 0.05) is 11.5 Å². The topological polar surface area (TPSA) is 124 Å². The molecule has 0 atom stereocenters. The number of hydrogen-bond donors (Lipinski definition) is 1. The molecule has 0 unspecified atom stereocenters. The predicted octanol–water partition coefficient (Wildman–Crippen LogP) is 2.87. The molecule has 0 fully saturated rings. The Hall–Kier alpha value is -3.05. The highest BCUT2D eigenvalue weighted by atomic mass is 32.2. The van der Waals surface area contributed by atoms with E-state index in [1.807, 2.05) is 11.4 Å². The summed E-state index contributed by atoms with van der Waals surface area (Å²) in [6.07, 6.45) is 1.42. The van der Waals surface area contributed by atoms with Crippen molar-refractivity contribution in [3.63, 3.8) is 0 Å². The molecular formula is C16H12N4O5S2. The zero-order chi connectivity index (χ0) is 19.2. The molecule has 0 aliphatic heterocycles. The molecule has 0 saturated carbocycles. The first kappa shape index (κ1) is 18.7. The summed E-state index contributed by atoms with van der Waals surface area (Å²) in [5, 5.41) is 16.7. The number of aromatic nitrogens is 2. The van der Waals surface area contributed by atoms with E-state index in [1.165, 1.54) is 47.6 Å². The largest absolute Gasteiger partial charge is 0.455 e. The third-order valence-corrected chi connectivity index (χ3v) is 5.09. The van der Waals surface area contributed by atoms with Crippen LogP contribution in [0.5, 0.6) is 0 Å². The van der Waals surface area contributed by atoms with Crippen LogP contribution in [0.25, 0.3) is 10.2 Å². The molecule has 0 bridgehead atoms. The summed E-state index contributed by atoms with van der Waals surface area (Å²) >= 11 is 2.66. The standard InChI is InChI=1S/C16H12N4O5S2/c21-13(19-11-3-1-2-4-12(11)20(23)24)7-25-14(22)8-27-16-10-5-6-26-15(10)17-9-18-16/h1-6,9H,7-8H2,(H,19,21). The van der Waals surface area contributed by atoms with Crippen molar-refractivity contribution in [2.45, 2.75) is 5.03 Å². The van der Waals surface area contributed by atoms with Crippen molar-refractivity contribution in [3.8, 4) is 0 Å². The predicted molar refractivity (Wildman–Crippen MR) is 101 cm³/mol. The normalized spacial score (nSPS) is 10.5. The third kappa shape index (κ3) is 4.77. The Morgan fingerprint density at radius 3 is 2.89 bits per heavy atom. The van der Waals surface area contributed by atoms with E-state index in [4.69, 9.17) is 4.74 Å². The van der Waals surface area contributed by atoms with E-state index >= 15 is 0 Å². The number of hydrogen-bond acceptors (Lipinski definition) is 9. The van der Waals surface area contributed by atoms with Crippen molar-refractivity contribution in [2.24, 2.45) is 0 Å². The van der Waals surface area contributed by atoms with Crippen LogP contribution in [-0.2, 0) is 14.3 Å².